The van der Waals surface area contributed by atoms with Crippen LogP contribution in [-0.4, -0.2) is 18.6 Å². The smallest absolute Gasteiger partial charge is 0.327 e. The lowest BCUT2D eigenvalue weighted by Crippen LogP contribution is -2.32. The van der Waals surface area contributed by atoms with Gasteiger partial charge in [-0.05, 0) is 62.8 Å². The highest BCUT2D eigenvalue weighted by Gasteiger charge is 2.31. The molecule has 1 N–H and O–H groups in total. The maximum Gasteiger partial charge on any atom is 0.327 e. The van der Waals surface area contributed by atoms with Crippen LogP contribution in [0, 0.1) is 20.8 Å². The maximum atomic E-state index is 12.2. The minimum Gasteiger partial charge on any atom is -0.465 e. The zero-order valence-corrected chi connectivity index (χ0v) is 12.2. The summed E-state index contributed by atoms with van der Waals surface area (Å²) in [4.78, 5) is 12.2. The molecule has 1 aliphatic rings. The normalized spacial score (nSPS) is 16.2. The second-order valence-electron chi connectivity index (χ2n) is 5.42. The van der Waals surface area contributed by atoms with Gasteiger partial charge in [0.15, 0.2) is 0 Å². The first-order chi connectivity index (χ1) is 9.02. The number of carbonyl (C=O) groups is 1. The molecule has 0 spiro atoms. The van der Waals surface area contributed by atoms with Gasteiger partial charge in [-0.2, -0.15) is 0 Å². The van der Waals surface area contributed by atoms with E-state index in [0.29, 0.717) is 12.6 Å². The lowest BCUT2D eigenvalue weighted by molar-refractivity contribution is -0.145. The van der Waals surface area contributed by atoms with Crippen molar-refractivity contribution in [1.29, 1.82) is 0 Å². The van der Waals surface area contributed by atoms with Crippen LogP contribution in [0.1, 0.15) is 48.1 Å². The first-order valence-corrected chi connectivity index (χ1v) is 7.03. The molecule has 0 amide bonds. The van der Waals surface area contributed by atoms with Crippen molar-refractivity contribution in [1.82, 2.24) is 5.32 Å². The van der Waals surface area contributed by atoms with Crippen LogP contribution in [0.2, 0.25) is 0 Å². The molecule has 19 heavy (non-hydrogen) atoms. The number of rotatable bonds is 5. The van der Waals surface area contributed by atoms with Gasteiger partial charge in [-0.25, -0.2) is 4.79 Å². The van der Waals surface area contributed by atoms with E-state index < -0.39 is 0 Å². The fraction of sp³-hybridized carbons (Fsp3) is 0.562. The van der Waals surface area contributed by atoms with Gasteiger partial charge in [0, 0.05) is 6.04 Å². The number of ether oxygens (including phenoxy) is 1. The van der Waals surface area contributed by atoms with E-state index in [4.69, 9.17) is 4.74 Å². The van der Waals surface area contributed by atoms with E-state index >= 15 is 0 Å². The number of carbonyl (C=O) groups excluding carboxylic acids is 1. The highest BCUT2D eigenvalue weighted by molar-refractivity contribution is 5.78. The van der Waals surface area contributed by atoms with E-state index in [-0.39, 0.29) is 12.0 Å². The SMILES string of the molecule is CCOC(=O)C(NC1CC1)c1cc(C)c(C)cc1C. The summed E-state index contributed by atoms with van der Waals surface area (Å²) < 4.78 is 5.21. The number of aryl methyl sites for hydroxylation is 3. The van der Waals surface area contributed by atoms with Gasteiger partial charge < -0.3 is 4.74 Å². The summed E-state index contributed by atoms with van der Waals surface area (Å²) in [5, 5.41) is 3.40. The predicted molar refractivity (Wildman–Crippen MR) is 76.2 cm³/mol. The molecule has 0 bridgehead atoms. The molecule has 0 radical (unpaired) electrons. The van der Waals surface area contributed by atoms with Gasteiger partial charge >= 0.3 is 5.97 Å². The molecular weight excluding hydrogens is 238 g/mol. The van der Waals surface area contributed by atoms with Crippen LogP contribution in [0.25, 0.3) is 0 Å². The summed E-state index contributed by atoms with van der Waals surface area (Å²) in [7, 11) is 0. The summed E-state index contributed by atoms with van der Waals surface area (Å²) in [6.07, 6.45) is 2.31. The van der Waals surface area contributed by atoms with Gasteiger partial charge in [-0.15, -0.1) is 0 Å². The molecule has 0 aliphatic heterocycles. The fourth-order valence-corrected chi connectivity index (χ4v) is 2.29. The van der Waals surface area contributed by atoms with E-state index in [9.17, 15) is 4.79 Å². The van der Waals surface area contributed by atoms with Crippen molar-refractivity contribution in [3.63, 3.8) is 0 Å². The number of hydrogen-bond donors (Lipinski definition) is 1. The Labute approximate surface area is 115 Å². The largest absolute Gasteiger partial charge is 0.465 e. The Morgan fingerprint density at radius 1 is 1.26 bits per heavy atom. The Morgan fingerprint density at radius 3 is 2.47 bits per heavy atom. The van der Waals surface area contributed by atoms with Crippen LogP contribution in [0.15, 0.2) is 12.1 Å². The Morgan fingerprint density at radius 2 is 1.89 bits per heavy atom. The van der Waals surface area contributed by atoms with Crippen LogP contribution in [-0.2, 0) is 9.53 Å². The van der Waals surface area contributed by atoms with Crippen LogP contribution in [0.4, 0.5) is 0 Å². The molecule has 1 atom stereocenters. The standard InChI is InChI=1S/C16H23NO2/c1-5-19-16(18)15(17-13-6-7-13)14-9-11(3)10(2)8-12(14)4/h8-9,13,15,17H,5-7H2,1-4H3. The first kappa shape index (κ1) is 14.1. The Hall–Kier alpha value is -1.35. The molecule has 1 aromatic carbocycles. The average molecular weight is 261 g/mol. The predicted octanol–water partition coefficient (Wildman–Crippen LogP) is 2.97. The molecule has 0 saturated heterocycles. The van der Waals surface area contributed by atoms with Gasteiger partial charge in [0.25, 0.3) is 0 Å². The van der Waals surface area contributed by atoms with Gasteiger partial charge in [0.2, 0.25) is 0 Å². The molecule has 3 heteroatoms. The van der Waals surface area contributed by atoms with Gasteiger partial charge in [0.05, 0.1) is 6.61 Å². The molecule has 1 fully saturated rings. The number of nitrogens with one attached hydrogen (secondary N) is 1. The number of hydrogen-bond acceptors (Lipinski definition) is 3. The molecule has 2 rings (SSSR count). The van der Waals surface area contributed by atoms with Crippen molar-refractivity contribution in [2.75, 3.05) is 6.61 Å². The number of benzene rings is 1. The van der Waals surface area contributed by atoms with E-state index in [2.05, 4.69) is 38.2 Å². The van der Waals surface area contributed by atoms with Gasteiger partial charge in [0.1, 0.15) is 6.04 Å². The molecule has 3 nitrogen and oxygen atoms in total. The third-order valence-corrected chi connectivity index (χ3v) is 3.70. The monoisotopic (exact) mass is 261 g/mol. The average Bonchev–Trinajstić information content (AvgIpc) is 3.15. The third-order valence-electron chi connectivity index (χ3n) is 3.70. The molecule has 1 unspecified atom stereocenters. The van der Waals surface area contributed by atoms with Crippen LogP contribution in [0.3, 0.4) is 0 Å². The molecule has 0 heterocycles. The highest BCUT2D eigenvalue weighted by Crippen LogP contribution is 2.28. The Bertz CT molecular complexity index is 478. The minimum absolute atomic E-state index is 0.166. The molecule has 104 valence electrons. The van der Waals surface area contributed by atoms with Crippen LogP contribution >= 0.6 is 0 Å². The van der Waals surface area contributed by atoms with Crippen molar-refractivity contribution in [3.8, 4) is 0 Å². The quantitative estimate of drug-likeness (QED) is 0.828. The van der Waals surface area contributed by atoms with E-state index in [1.54, 1.807) is 0 Å². The number of esters is 1. The van der Waals surface area contributed by atoms with Crippen molar-refractivity contribution in [2.24, 2.45) is 0 Å². The molecule has 1 aliphatic carbocycles. The second kappa shape index (κ2) is 5.74. The van der Waals surface area contributed by atoms with Crippen molar-refractivity contribution in [2.45, 2.75) is 52.6 Å². The maximum absolute atomic E-state index is 12.2. The summed E-state index contributed by atoms with van der Waals surface area (Å²) in [5.41, 5.74) is 4.67. The summed E-state index contributed by atoms with van der Waals surface area (Å²) >= 11 is 0. The molecule has 1 aromatic rings. The zero-order valence-electron chi connectivity index (χ0n) is 12.2. The Balaban J connectivity index is 2.30. The van der Waals surface area contributed by atoms with Crippen molar-refractivity contribution >= 4 is 5.97 Å². The van der Waals surface area contributed by atoms with E-state index in [0.717, 1.165) is 24.0 Å². The third kappa shape index (κ3) is 3.35. The summed E-state index contributed by atoms with van der Waals surface area (Å²) in [6.45, 7) is 8.50. The highest BCUT2D eigenvalue weighted by atomic mass is 16.5. The minimum atomic E-state index is -0.327. The lowest BCUT2D eigenvalue weighted by atomic mass is 9.95. The lowest BCUT2D eigenvalue weighted by Gasteiger charge is -2.20. The molecular formula is C16H23NO2. The van der Waals surface area contributed by atoms with E-state index in [1.165, 1.54) is 11.1 Å². The van der Waals surface area contributed by atoms with E-state index in [1.807, 2.05) is 6.92 Å². The molecule has 1 saturated carbocycles. The zero-order chi connectivity index (χ0) is 14.0. The van der Waals surface area contributed by atoms with Gasteiger partial charge in [-0.3, -0.25) is 5.32 Å². The fourth-order valence-electron chi connectivity index (χ4n) is 2.29. The second-order valence-corrected chi connectivity index (χ2v) is 5.42. The summed E-state index contributed by atoms with van der Waals surface area (Å²) in [5.74, 6) is -0.166. The van der Waals surface area contributed by atoms with Crippen LogP contribution < -0.4 is 5.32 Å². The first-order valence-electron chi connectivity index (χ1n) is 7.03. The molecule has 0 aromatic heterocycles. The Kier molecular flexibility index (Phi) is 4.25. The summed E-state index contributed by atoms with van der Waals surface area (Å²) in [6, 6.07) is 4.40. The topological polar surface area (TPSA) is 38.3 Å². The van der Waals surface area contributed by atoms with Crippen molar-refractivity contribution in [3.05, 3.63) is 34.4 Å². The van der Waals surface area contributed by atoms with Crippen LogP contribution in [0.5, 0.6) is 0 Å². The van der Waals surface area contributed by atoms with Gasteiger partial charge in [-0.1, -0.05) is 12.1 Å². The van der Waals surface area contributed by atoms with Crippen molar-refractivity contribution < 1.29 is 9.53 Å².